The summed E-state index contributed by atoms with van der Waals surface area (Å²) in [6.07, 6.45) is -0.214. The lowest BCUT2D eigenvalue weighted by atomic mass is 10.0. The van der Waals surface area contributed by atoms with Crippen LogP contribution < -0.4 is 5.32 Å². The molecule has 1 amide bonds. The van der Waals surface area contributed by atoms with Crippen LogP contribution in [0.1, 0.15) is 33.2 Å². The highest BCUT2D eigenvalue weighted by atomic mass is 35.5. The molecule has 130 valence electrons. The lowest BCUT2D eigenvalue weighted by Gasteiger charge is -2.38. The van der Waals surface area contributed by atoms with E-state index >= 15 is 0 Å². The summed E-state index contributed by atoms with van der Waals surface area (Å²) in [4.78, 5) is 15.1. The van der Waals surface area contributed by atoms with Crippen LogP contribution in [0.25, 0.3) is 0 Å². The third-order valence-electron chi connectivity index (χ3n) is 4.68. The molecule has 0 radical (unpaired) electrons. The predicted octanol–water partition coefficient (Wildman–Crippen LogP) is 5.42. The number of carbonyl (C=O) groups excluding carboxylic acids is 1. The van der Waals surface area contributed by atoms with Crippen molar-refractivity contribution in [3.8, 4) is 0 Å². The Morgan fingerprint density at radius 2 is 1.65 bits per heavy atom. The number of halogens is 1. The van der Waals surface area contributed by atoms with Crippen LogP contribution in [0.15, 0.2) is 72.8 Å². The molecule has 3 nitrogen and oxygen atoms in total. The van der Waals surface area contributed by atoms with Gasteiger partial charge in [-0.15, -0.1) is 0 Å². The van der Waals surface area contributed by atoms with E-state index in [-0.39, 0.29) is 12.1 Å². The van der Waals surface area contributed by atoms with Crippen LogP contribution in [0, 0.1) is 6.92 Å². The number of amides is 1. The minimum atomic E-state index is -0.214. The number of benzene rings is 3. The largest absolute Gasteiger partial charge is 0.361 e. The average molecular weight is 363 g/mol. The molecule has 4 heteroatoms. The molecule has 1 N–H and O–H groups in total. The van der Waals surface area contributed by atoms with Crippen molar-refractivity contribution in [1.82, 2.24) is 4.90 Å². The summed E-state index contributed by atoms with van der Waals surface area (Å²) in [5.41, 5.74) is 4.87. The molecule has 0 aromatic heterocycles. The first kappa shape index (κ1) is 16.7. The maximum atomic E-state index is 13.2. The third-order valence-corrected chi connectivity index (χ3v) is 4.93. The van der Waals surface area contributed by atoms with Crippen molar-refractivity contribution in [3.63, 3.8) is 0 Å². The molecule has 4 rings (SSSR count). The van der Waals surface area contributed by atoms with Crippen LogP contribution in [-0.2, 0) is 6.54 Å². The highest BCUT2D eigenvalue weighted by molar-refractivity contribution is 6.30. The summed E-state index contributed by atoms with van der Waals surface area (Å²) < 4.78 is 0. The van der Waals surface area contributed by atoms with Crippen molar-refractivity contribution < 1.29 is 4.79 Å². The van der Waals surface area contributed by atoms with E-state index < -0.39 is 0 Å². The number of hydrogen-bond donors (Lipinski definition) is 1. The van der Waals surface area contributed by atoms with Crippen molar-refractivity contribution in [1.29, 1.82) is 0 Å². The number of fused-ring (bicyclic) bond motifs is 1. The number of anilines is 1. The Morgan fingerprint density at radius 3 is 2.38 bits per heavy atom. The molecule has 1 aliphatic heterocycles. The molecule has 0 unspecified atom stereocenters. The molecular weight excluding hydrogens is 344 g/mol. The summed E-state index contributed by atoms with van der Waals surface area (Å²) in [5, 5.41) is 4.22. The summed E-state index contributed by atoms with van der Waals surface area (Å²) in [6, 6.07) is 23.6. The van der Waals surface area contributed by atoms with Gasteiger partial charge in [0.1, 0.15) is 6.17 Å². The molecule has 0 saturated heterocycles. The molecule has 0 aliphatic carbocycles. The van der Waals surface area contributed by atoms with Gasteiger partial charge in [0.15, 0.2) is 0 Å². The molecule has 0 fully saturated rings. The monoisotopic (exact) mass is 362 g/mol. The van der Waals surface area contributed by atoms with Crippen molar-refractivity contribution in [2.45, 2.75) is 19.6 Å². The SMILES string of the molecule is Cc1ccc([C@H]2Nc3ccccc3C(=O)N2Cc2ccc(Cl)cc2)cc1. The van der Waals surface area contributed by atoms with E-state index in [1.807, 2.05) is 53.4 Å². The molecule has 0 bridgehead atoms. The molecule has 0 saturated carbocycles. The highest BCUT2D eigenvalue weighted by Crippen LogP contribution is 2.34. The average Bonchev–Trinajstić information content (AvgIpc) is 2.66. The maximum Gasteiger partial charge on any atom is 0.258 e. The first-order valence-corrected chi connectivity index (χ1v) is 8.97. The first-order valence-electron chi connectivity index (χ1n) is 8.59. The van der Waals surface area contributed by atoms with E-state index in [1.165, 1.54) is 5.56 Å². The summed E-state index contributed by atoms with van der Waals surface area (Å²) in [5.74, 6) is 0.0277. The normalized spacial score (nSPS) is 16.2. The number of nitrogens with one attached hydrogen (secondary N) is 1. The fourth-order valence-corrected chi connectivity index (χ4v) is 3.38. The minimum absolute atomic E-state index is 0.0277. The molecule has 0 spiro atoms. The zero-order valence-electron chi connectivity index (χ0n) is 14.4. The zero-order valence-corrected chi connectivity index (χ0v) is 15.2. The summed E-state index contributed by atoms with van der Waals surface area (Å²) >= 11 is 6.00. The number of nitrogens with zero attached hydrogens (tertiary/aromatic N) is 1. The Hall–Kier alpha value is -2.78. The van der Waals surface area contributed by atoms with Gasteiger partial charge in [-0.25, -0.2) is 0 Å². The van der Waals surface area contributed by atoms with Gasteiger partial charge in [-0.1, -0.05) is 65.7 Å². The van der Waals surface area contributed by atoms with Crippen molar-refractivity contribution in [2.24, 2.45) is 0 Å². The van der Waals surface area contributed by atoms with Gasteiger partial charge >= 0.3 is 0 Å². The summed E-state index contributed by atoms with van der Waals surface area (Å²) in [7, 11) is 0. The highest BCUT2D eigenvalue weighted by Gasteiger charge is 2.32. The lowest BCUT2D eigenvalue weighted by Crippen LogP contribution is -2.42. The number of rotatable bonds is 3. The van der Waals surface area contributed by atoms with Crippen LogP contribution in [0.4, 0.5) is 5.69 Å². The van der Waals surface area contributed by atoms with Crippen LogP contribution in [0.2, 0.25) is 5.02 Å². The molecule has 3 aromatic rings. The second-order valence-electron chi connectivity index (χ2n) is 6.56. The van der Waals surface area contributed by atoms with Gasteiger partial charge in [0, 0.05) is 17.3 Å². The van der Waals surface area contributed by atoms with Crippen molar-refractivity contribution in [2.75, 3.05) is 5.32 Å². The smallest absolute Gasteiger partial charge is 0.258 e. The molecule has 1 aliphatic rings. The Bertz CT molecular complexity index is 935. The lowest BCUT2D eigenvalue weighted by molar-refractivity contribution is 0.0666. The first-order chi connectivity index (χ1) is 12.6. The van der Waals surface area contributed by atoms with Gasteiger partial charge in [-0.3, -0.25) is 4.79 Å². The van der Waals surface area contributed by atoms with E-state index in [0.29, 0.717) is 17.1 Å². The topological polar surface area (TPSA) is 32.3 Å². The van der Waals surface area contributed by atoms with Gasteiger partial charge in [0.25, 0.3) is 5.91 Å². The molecule has 1 heterocycles. The van der Waals surface area contributed by atoms with Gasteiger partial charge in [-0.05, 0) is 42.3 Å². The van der Waals surface area contributed by atoms with Gasteiger partial charge in [0.05, 0.1) is 5.56 Å². The quantitative estimate of drug-likeness (QED) is 0.675. The van der Waals surface area contributed by atoms with Gasteiger partial charge in [0.2, 0.25) is 0 Å². The standard InChI is InChI=1S/C22H19ClN2O/c1-15-6-10-17(11-7-15)21-24-20-5-3-2-4-19(20)22(26)25(21)14-16-8-12-18(23)13-9-16/h2-13,21,24H,14H2,1H3/t21-/m0/s1. The van der Waals surface area contributed by atoms with E-state index in [2.05, 4.69) is 36.5 Å². The number of hydrogen-bond acceptors (Lipinski definition) is 2. The molecular formula is C22H19ClN2O. The van der Waals surface area contributed by atoms with Crippen molar-refractivity contribution in [3.05, 3.63) is 100 Å². The second-order valence-corrected chi connectivity index (χ2v) is 7.00. The number of aryl methyl sites for hydroxylation is 1. The Kier molecular flexibility index (Phi) is 4.39. The van der Waals surface area contributed by atoms with Gasteiger partial charge in [-0.2, -0.15) is 0 Å². The number of carbonyl (C=O) groups is 1. The van der Waals surface area contributed by atoms with Crippen LogP contribution in [0.5, 0.6) is 0 Å². The summed E-state index contributed by atoms with van der Waals surface area (Å²) in [6.45, 7) is 2.57. The van der Waals surface area contributed by atoms with E-state index in [1.54, 1.807) is 0 Å². The van der Waals surface area contributed by atoms with E-state index in [9.17, 15) is 4.79 Å². The van der Waals surface area contributed by atoms with Crippen LogP contribution in [-0.4, -0.2) is 10.8 Å². The van der Waals surface area contributed by atoms with Crippen LogP contribution in [0.3, 0.4) is 0 Å². The van der Waals surface area contributed by atoms with Crippen molar-refractivity contribution >= 4 is 23.2 Å². The maximum absolute atomic E-state index is 13.2. The van der Waals surface area contributed by atoms with E-state index in [0.717, 1.165) is 16.8 Å². The minimum Gasteiger partial charge on any atom is -0.361 e. The predicted molar refractivity (Wildman–Crippen MR) is 105 cm³/mol. The zero-order chi connectivity index (χ0) is 18.1. The molecule has 1 atom stereocenters. The van der Waals surface area contributed by atoms with Gasteiger partial charge < -0.3 is 10.2 Å². The fraction of sp³-hybridized carbons (Fsp3) is 0.136. The number of para-hydroxylation sites is 1. The third kappa shape index (κ3) is 3.18. The second kappa shape index (κ2) is 6.85. The molecule has 3 aromatic carbocycles. The fourth-order valence-electron chi connectivity index (χ4n) is 3.25. The Balaban J connectivity index is 1.74. The van der Waals surface area contributed by atoms with Crippen LogP contribution >= 0.6 is 11.6 Å². The van der Waals surface area contributed by atoms with E-state index in [4.69, 9.17) is 11.6 Å². The Labute approximate surface area is 158 Å². The Morgan fingerprint density at radius 1 is 0.962 bits per heavy atom. The molecule has 26 heavy (non-hydrogen) atoms.